The molecule has 22 heavy (non-hydrogen) atoms. The summed E-state index contributed by atoms with van der Waals surface area (Å²) in [6, 6.07) is 13.6. The Morgan fingerprint density at radius 2 is 2.00 bits per heavy atom. The first kappa shape index (κ1) is 15.1. The molecule has 0 saturated carbocycles. The van der Waals surface area contributed by atoms with Crippen molar-refractivity contribution in [3.8, 4) is 0 Å². The molecule has 3 rings (SSSR count). The molecule has 0 saturated heterocycles. The minimum absolute atomic E-state index is 0.0272. The van der Waals surface area contributed by atoms with Crippen LogP contribution in [0.2, 0.25) is 0 Å². The second-order valence-electron chi connectivity index (χ2n) is 4.56. The van der Waals surface area contributed by atoms with Crippen LogP contribution in [-0.4, -0.2) is 26.3 Å². The van der Waals surface area contributed by atoms with Gasteiger partial charge >= 0.3 is 0 Å². The number of pyridine rings is 1. The summed E-state index contributed by atoms with van der Waals surface area (Å²) < 4.78 is 2.89. The van der Waals surface area contributed by atoms with Crippen LogP contribution in [0.3, 0.4) is 0 Å². The fourth-order valence-electron chi connectivity index (χ4n) is 1.92. The van der Waals surface area contributed by atoms with Crippen LogP contribution in [-0.2, 0) is 11.3 Å². The van der Waals surface area contributed by atoms with Gasteiger partial charge in [0.15, 0.2) is 11.5 Å². The van der Waals surface area contributed by atoms with Gasteiger partial charge < -0.3 is 5.32 Å². The molecule has 3 aromatic rings. The first-order chi connectivity index (χ1) is 10.7. The van der Waals surface area contributed by atoms with Crippen LogP contribution in [0.15, 0.2) is 58.0 Å². The Morgan fingerprint density at radius 3 is 2.82 bits per heavy atom. The van der Waals surface area contributed by atoms with Gasteiger partial charge in [0, 0.05) is 15.6 Å². The summed E-state index contributed by atoms with van der Waals surface area (Å²) in [5.74, 6) is 1.07. The number of carbonyl (C=O) groups excluding carboxylic acids is 1. The molecular formula is C15H13BrN4OS. The molecular weight excluding hydrogens is 364 g/mol. The highest BCUT2D eigenvalue weighted by Gasteiger charge is 2.07. The van der Waals surface area contributed by atoms with Gasteiger partial charge in [-0.05, 0) is 36.4 Å². The lowest BCUT2D eigenvalue weighted by Crippen LogP contribution is -2.25. The number of hydrogen-bond acceptors (Lipinski definition) is 4. The third-order valence-corrected chi connectivity index (χ3v) is 4.55. The summed E-state index contributed by atoms with van der Waals surface area (Å²) in [4.78, 5) is 13.0. The lowest BCUT2D eigenvalue weighted by atomic mass is 10.4. The predicted molar refractivity (Wildman–Crippen MR) is 89.7 cm³/mol. The molecule has 112 valence electrons. The van der Waals surface area contributed by atoms with Crippen molar-refractivity contribution in [2.24, 2.45) is 0 Å². The van der Waals surface area contributed by atoms with Crippen molar-refractivity contribution in [3.63, 3.8) is 0 Å². The zero-order valence-corrected chi connectivity index (χ0v) is 14.0. The summed E-state index contributed by atoms with van der Waals surface area (Å²) in [7, 11) is 0. The maximum Gasteiger partial charge on any atom is 0.230 e. The van der Waals surface area contributed by atoms with Crippen molar-refractivity contribution in [2.45, 2.75) is 11.4 Å². The smallest absolute Gasteiger partial charge is 0.230 e. The minimum atomic E-state index is -0.0272. The van der Waals surface area contributed by atoms with Gasteiger partial charge in [0.05, 0.1) is 12.3 Å². The summed E-state index contributed by atoms with van der Waals surface area (Å²) >= 11 is 4.89. The zero-order valence-electron chi connectivity index (χ0n) is 11.6. The van der Waals surface area contributed by atoms with Crippen LogP contribution in [0.4, 0.5) is 0 Å². The summed E-state index contributed by atoms with van der Waals surface area (Å²) in [5.41, 5.74) is 0.774. The van der Waals surface area contributed by atoms with Crippen LogP contribution in [0.5, 0.6) is 0 Å². The molecule has 2 aromatic heterocycles. The Kier molecular flexibility index (Phi) is 4.74. The number of halogens is 1. The number of amides is 1. The molecule has 7 heteroatoms. The van der Waals surface area contributed by atoms with Crippen molar-refractivity contribution in [1.82, 2.24) is 19.9 Å². The molecule has 0 bridgehead atoms. The fourth-order valence-corrected chi connectivity index (χ4v) is 2.91. The molecule has 0 aliphatic rings. The molecule has 1 amide bonds. The Hall–Kier alpha value is -1.86. The number of fused-ring (bicyclic) bond motifs is 1. The maximum absolute atomic E-state index is 11.9. The van der Waals surface area contributed by atoms with Crippen molar-refractivity contribution in [1.29, 1.82) is 0 Å². The average molecular weight is 377 g/mol. The van der Waals surface area contributed by atoms with E-state index in [-0.39, 0.29) is 5.91 Å². The van der Waals surface area contributed by atoms with E-state index in [4.69, 9.17) is 0 Å². The predicted octanol–water partition coefficient (Wildman–Crippen LogP) is 2.90. The van der Waals surface area contributed by atoms with Gasteiger partial charge in [0.25, 0.3) is 0 Å². The SMILES string of the molecule is O=C(CSc1ccc(Br)cc1)NCc1nnc2ccccn12. The van der Waals surface area contributed by atoms with Crippen LogP contribution in [0.25, 0.3) is 5.65 Å². The van der Waals surface area contributed by atoms with Crippen LogP contribution >= 0.6 is 27.7 Å². The molecule has 5 nitrogen and oxygen atoms in total. The molecule has 0 spiro atoms. The van der Waals surface area contributed by atoms with Gasteiger partial charge in [0.1, 0.15) is 0 Å². The third-order valence-electron chi connectivity index (χ3n) is 3.01. The number of benzene rings is 1. The van der Waals surface area contributed by atoms with E-state index in [0.717, 1.165) is 20.8 Å². The zero-order chi connectivity index (χ0) is 15.4. The number of hydrogen-bond donors (Lipinski definition) is 1. The Labute approximate surface area is 140 Å². The van der Waals surface area contributed by atoms with Crippen molar-refractivity contribution in [2.75, 3.05) is 5.75 Å². The van der Waals surface area contributed by atoms with E-state index in [9.17, 15) is 4.79 Å². The Balaban J connectivity index is 1.53. The van der Waals surface area contributed by atoms with Crippen LogP contribution < -0.4 is 5.32 Å². The van der Waals surface area contributed by atoms with E-state index in [0.29, 0.717) is 12.3 Å². The number of rotatable bonds is 5. The van der Waals surface area contributed by atoms with E-state index in [2.05, 4.69) is 31.4 Å². The fraction of sp³-hybridized carbons (Fsp3) is 0.133. The van der Waals surface area contributed by atoms with E-state index >= 15 is 0 Å². The largest absolute Gasteiger partial charge is 0.348 e. The monoisotopic (exact) mass is 376 g/mol. The lowest BCUT2D eigenvalue weighted by Gasteiger charge is -2.04. The lowest BCUT2D eigenvalue weighted by molar-refractivity contribution is -0.118. The van der Waals surface area contributed by atoms with Gasteiger partial charge in [0.2, 0.25) is 5.91 Å². The number of aromatic nitrogens is 3. The molecule has 0 atom stereocenters. The van der Waals surface area contributed by atoms with Gasteiger partial charge in [-0.25, -0.2) is 0 Å². The summed E-state index contributed by atoms with van der Waals surface area (Å²) in [6.45, 7) is 0.366. The molecule has 1 N–H and O–H groups in total. The van der Waals surface area contributed by atoms with E-state index < -0.39 is 0 Å². The van der Waals surface area contributed by atoms with Gasteiger partial charge in [-0.3, -0.25) is 9.20 Å². The highest BCUT2D eigenvalue weighted by atomic mass is 79.9. The molecule has 2 heterocycles. The Morgan fingerprint density at radius 1 is 1.18 bits per heavy atom. The summed E-state index contributed by atoms with van der Waals surface area (Å²) in [6.07, 6.45) is 1.88. The second-order valence-corrected chi connectivity index (χ2v) is 6.53. The first-order valence-electron chi connectivity index (χ1n) is 6.66. The van der Waals surface area contributed by atoms with Gasteiger partial charge in [-0.2, -0.15) is 0 Å². The van der Waals surface area contributed by atoms with E-state index in [1.54, 1.807) is 0 Å². The van der Waals surface area contributed by atoms with Gasteiger partial charge in [-0.1, -0.05) is 22.0 Å². The summed E-state index contributed by atoms with van der Waals surface area (Å²) in [5, 5.41) is 11.0. The topological polar surface area (TPSA) is 59.3 Å². The number of thioether (sulfide) groups is 1. The highest BCUT2D eigenvalue weighted by molar-refractivity contribution is 9.10. The average Bonchev–Trinajstić information content (AvgIpc) is 2.96. The standard InChI is InChI=1S/C15H13BrN4OS/c16-11-4-6-12(7-5-11)22-10-15(21)17-9-14-19-18-13-3-1-2-8-20(13)14/h1-8H,9-10H2,(H,17,21). The van der Waals surface area contributed by atoms with E-state index in [1.165, 1.54) is 11.8 Å². The van der Waals surface area contributed by atoms with Crippen molar-refractivity contribution in [3.05, 3.63) is 59.0 Å². The normalized spacial score (nSPS) is 10.8. The van der Waals surface area contributed by atoms with Crippen LogP contribution in [0, 0.1) is 0 Å². The first-order valence-corrected chi connectivity index (χ1v) is 8.44. The quantitative estimate of drug-likeness (QED) is 0.695. The molecule has 0 fully saturated rings. The van der Waals surface area contributed by atoms with Gasteiger partial charge in [-0.15, -0.1) is 22.0 Å². The molecule has 1 aromatic carbocycles. The highest BCUT2D eigenvalue weighted by Crippen LogP contribution is 2.20. The van der Waals surface area contributed by atoms with Crippen LogP contribution in [0.1, 0.15) is 5.82 Å². The molecule has 0 aliphatic heterocycles. The van der Waals surface area contributed by atoms with E-state index in [1.807, 2.05) is 53.1 Å². The maximum atomic E-state index is 11.9. The molecule has 0 unspecified atom stereocenters. The molecule has 0 radical (unpaired) electrons. The number of nitrogens with zero attached hydrogens (tertiary/aromatic N) is 3. The number of carbonyl (C=O) groups is 1. The van der Waals surface area contributed by atoms with Crippen molar-refractivity contribution < 1.29 is 4.79 Å². The number of nitrogens with one attached hydrogen (secondary N) is 1. The Bertz CT molecular complexity index is 788. The van der Waals surface area contributed by atoms with Crippen molar-refractivity contribution >= 4 is 39.2 Å². The minimum Gasteiger partial charge on any atom is -0.348 e. The second kappa shape index (κ2) is 6.93. The third kappa shape index (κ3) is 3.66. The molecule has 0 aliphatic carbocycles.